The van der Waals surface area contributed by atoms with Crippen LogP contribution in [0, 0.1) is 0 Å². The molecule has 5 heteroatoms. The van der Waals surface area contributed by atoms with Crippen LogP contribution in [0.1, 0.15) is 12.0 Å². The van der Waals surface area contributed by atoms with E-state index in [-0.39, 0.29) is 5.91 Å². The number of hydrogen-bond donors (Lipinski definition) is 1. The van der Waals surface area contributed by atoms with Crippen molar-refractivity contribution in [3.63, 3.8) is 0 Å². The Morgan fingerprint density at radius 3 is 2.21 bits per heavy atom. The molecule has 1 amide bonds. The second-order valence-electron chi connectivity index (χ2n) is 5.40. The Labute approximate surface area is 140 Å². The van der Waals surface area contributed by atoms with Crippen LogP contribution in [0.15, 0.2) is 73.3 Å². The van der Waals surface area contributed by atoms with E-state index in [0.29, 0.717) is 18.5 Å². The van der Waals surface area contributed by atoms with E-state index in [1.54, 1.807) is 29.4 Å². The third-order valence-electron chi connectivity index (χ3n) is 3.66. The van der Waals surface area contributed by atoms with Gasteiger partial charge in [-0.15, -0.1) is 0 Å². The Hall–Kier alpha value is -3.21. The summed E-state index contributed by atoms with van der Waals surface area (Å²) in [5.74, 6) is 0.00910. The Morgan fingerprint density at radius 2 is 1.54 bits per heavy atom. The van der Waals surface area contributed by atoms with Crippen LogP contribution in [0.3, 0.4) is 0 Å². The third-order valence-corrected chi connectivity index (χ3v) is 3.66. The molecule has 0 fully saturated rings. The lowest BCUT2D eigenvalue weighted by Gasteiger charge is -2.23. The lowest BCUT2D eigenvalue weighted by molar-refractivity contribution is -0.117. The summed E-state index contributed by atoms with van der Waals surface area (Å²) in [6.07, 6.45) is 5.91. The van der Waals surface area contributed by atoms with Crippen molar-refractivity contribution in [1.29, 1.82) is 0 Å². The number of nitrogen functional groups attached to an aromatic ring is 1. The summed E-state index contributed by atoms with van der Waals surface area (Å²) in [6, 6.07) is 16.9. The molecule has 0 aliphatic carbocycles. The van der Waals surface area contributed by atoms with Crippen LogP contribution in [0.4, 0.5) is 17.1 Å². The van der Waals surface area contributed by atoms with Gasteiger partial charge < -0.3 is 5.73 Å². The Morgan fingerprint density at radius 1 is 0.917 bits per heavy atom. The molecular formula is C19H18N4O. The van der Waals surface area contributed by atoms with E-state index < -0.39 is 0 Å². The van der Waals surface area contributed by atoms with Crippen LogP contribution in [-0.4, -0.2) is 15.9 Å². The molecule has 0 atom stereocenters. The summed E-state index contributed by atoms with van der Waals surface area (Å²) in [4.78, 5) is 22.5. The van der Waals surface area contributed by atoms with Crippen LogP contribution in [-0.2, 0) is 11.2 Å². The number of rotatable bonds is 5. The van der Waals surface area contributed by atoms with E-state index in [1.807, 2.05) is 42.5 Å². The summed E-state index contributed by atoms with van der Waals surface area (Å²) in [7, 11) is 0. The van der Waals surface area contributed by atoms with E-state index >= 15 is 0 Å². The topological polar surface area (TPSA) is 72.1 Å². The maximum absolute atomic E-state index is 12.9. The summed E-state index contributed by atoms with van der Waals surface area (Å²) < 4.78 is 0. The summed E-state index contributed by atoms with van der Waals surface area (Å²) in [5.41, 5.74) is 8.99. The number of aromatic nitrogens is 2. The predicted octanol–water partition coefficient (Wildman–Crippen LogP) is 3.36. The number of anilines is 3. The molecule has 1 aromatic heterocycles. The molecule has 120 valence electrons. The third kappa shape index (κ3) is 3.76. The van der Waals surface area contributed by atoms with Crippen LogP contribution in [0.2, 0.25) is 0 Å². The average molecular weight is 318 g/mol. The Bertz CT molecular complexity index is 789. The highest BCUT2D eigenvalue weighted by molar-refractivity contribution is 6.00. The first-order valence-electron chi connectivity index (χ1n) is 7.71. The minimum atomic E-state index is 0.00910. The molecule has 2 N–H and O–H groups in total. The van der Waals surface area contributed by atoms with E-state index in [9.17, 15) is 4.79 Å². The van der Waals surface area contributed by atoms with Gasteiger partial charge in [0.25, 0.3) is 0 Å². The molecule has 24 heavy (non-hydrogen) atoms. The Kier molecular flexibility index (Phi) is 4.81. The fourth-order valence-corrected chi connectivity index (χ4v) is 2.46. The first-order chi connectivity index (χ1) is 11.7. The number of carbonyl (C=O) groups is 1. The highest BCUT2D eigenvalue weighted by atomic mass is 16.2. The first-order valence-corrected chi connectivity index (χ1v) is 7.71. The highest BCUT2D eigenvalue weighted by Gasteiger charge is 2.17. The lowest BCUT2D eigenvalue weighted by Crippen LogP contribution is -2.26. The SMILES string of the molecule is Nc1ccc(N(C(=O)CCc2cncnc2)c2ccccc2)cc1. The number of nitrogens with zero attached hydrogens (tertiary/aromatic N) is 3. The first kappa shape index (κ1) is 15.7. The molecule has 2 aromatic carbocycles. The monoisotopic (exact) mass is 318 g/mol. The van der Waals surface area contributed by atoms with E-state index in [4.69, 9.17) is 5.73 Å². The van der Waals surface area contributed by atoms with Gasteiger partial charge in [0.15, 0.2) is 0 Å². The van der Waals surface area contributed by atoms with Crippen molar-refractivity contribution in [2.45, 2.75) is 12.8 Å². The predicted molar refractivity (Wildman–Crippen MR) is 94.8 cm³/mol. The van der Waals surface area contributed by atoms with Gasteiger partial charge in [-0.25, -0.2) is 9.97 Å². The van der Waals surface area contributed by atoms with Crippen LogP contribution >= 0.6 is 0 Å². The zero-order valence-electron chi connectivity index (χ0n) is 13.2. The van der Waals surface area contributed by atoms with E-state index in [1.165, 1.54) is 6.33 Å². The maximum atomic E-state index is 12.9. The minimum absolute atomic E-state index is 0.00910. The maximum Gasteiger partial charge on any atom is 0.231 e. The minimum Gasteiger partial charge on any atom is -0.399 e. The second kappa shape index (κ2) is 7.37. The number of nitrogens with two attached hydrogens (primary N) is 1. The number of aryl methyl sites for hydroxylation is 1. The second-order valence-corrected chi connectivity index (χ2v) is 5.40. The fourth-order valence-electron chi connectivity index (χ4n) is 2.46. The van der Waals surface area contributed by atoms with Crippen molar-refractivity contribution in [3.05, 3.63) is 78.9 Å². The number of carbonyl (C=O) groups excluding carboxylic acids is 1. The number of hydrogen-bond acceptors (Lipinski definition) is 4. The molecule has 0 radical (unpaired) electrons. The van der Waals surface area contributed by atoms with Gasteiger partial charge in [0.2, 0.25) is 5.91 Å². The normalized spacial score (nSPS) is 10.3. The standard InChI is InChI=1S/C19H18N4O/c20-16-7-9-18(10-8-16)23(17-4-2-1-3-5-17)19(24)11-6-15-12-21-14-22-13-15/h1-5,7-10,12-14H,6,11,20H2. The molecule has 0 unspecified atom stereocenters. The van der Waals surface area contributed by atoms with Crippen molar-refractivity contribution >= 4 is 23.0 Å². The molecule has 0 bridgehead atoms. The highest BCUT2D eigenvalue weighted by Crippen LogP contribution is 2.27. The molecule has 1 heterocycles. The Balaban J connectivity index is 1.84. The molecule has 3 aromatic rings. The fraction of sp³-hybridized carbons (Fsp3) is 0.105. The number of amides is 1. The van der Waals surface area contributed by atoms with Gasteiger partial charge in [0.05, 0.1) is 0 Å². The molecule has 0 aliphatic heterocycles. The van der Waals surface area contributed by atoms with Crippen molar-refractivity contribution in [2.24, 2.45) is 0 Å². The quantitative estimate of drug-likeness (QED) is 0.732. The number of benzene rings is 2. The van der Waals surface area contributed by atoms with Gasteiger partial charge in [-0.1, -0.05) is 18.2 Å². The smallest absolute Gasteiger partial charge is 0.231 e. The van der Waals surface area contributed by atoms with Gasteiger partial charge in [-0.05, 0) is 48.4 Å². The number of para-hydroxylation sites is 1. The van der Waals surface area contributed by atoms with Crippen LogP contribution in [0.5, 0.6) is 0 Å². The van der Waals surface area contributed by atoms with Gasteiger partial charge in [0.1, 0.15) is 6.33 Å². The molecule has 0 saturated heterocycles. The van der Waals surface area contributed by atoms with Crippen LogP contribution in [0.25, 0.3) is 0 Å². The molecule has 5 nitrogen and oxygen atoms in total. The summed E-state index contributed by atoms with van der Waals surface area (Å²) >= 11 is 0. The van der Waals surface area contributed by atoms with E-state index in [0.717, 1.165) is 16.9 Å². The van der Waals surface area contributed by atoms with E-state index in [2.05, 4.69) is 9.97 Å². The molecule has 0 spiro atoms. The summed E-state index contributed by atoms with van der Waals surface area (Å²) in [6.45, 7) is 0. The van der Waals surface area contributed by atoms with Gasteiger partial charge in [0, 0.05) is 35.9 Å². The van der Waals surface area contributed by atoms with Crippen molar-refractivity contribution in [1.82, 2.24) is 9.97 Å². The van der Waals surface area contributed by atoms with Gasteiger partial charge in [-0.2, -0.15) is 0 Å². The van der Waals surface area contributed by atoms with Gasteiger partial charge in [-0.3, -0.25) is 9.69 Å². The zero-order valence-corrected chi connectivity index (χ0v) is 13.2. The molecule has 0 aliphatic rings. The largest absolute Gasteiger partial charge is 0.399 e. The lowest BCUT2D eigenvalue weighted by atomic mass is 10.1. The van der Waals surface area contributed by atoms with Gasteiger partial charge >= 0.3 is 0 Å². The zero-order chi connectivity index (χ0) is 16.8. The average Bonchev–Trinajstić information content (AvgIpc) is 2.64. The summed E-state index contributed by atoms with van der Waals surface area (Å²) in [5, 5.41) is 0. The molecule has 0 saturated carbocycles. The molecular weight excluding hydrogens is 300 g/mol. The van der Waals surface area contributed by atoms with Crippen molar-refractivity contribution in [2.75, 3.05) is 10.6 Å². The molecule has 3 rings (SSSR count). The van der Waals surface area contributed by atoms with Crippen molar-refractivity contribution < 1.29 is 4.79 Å². The van der Waals surface area contributed by atoms with Crippen molar-refractivity contribution in [3.8, 4) is 0 Å². The van der Waals surface area contributed by atoms with Crippen LogP contribution < -0.4 is 10.6 Å².